The van der Waals surface area contributed by atoms with E-state index in [9.17, 15) is 10.1 Å². The van der Waals surface area contributed by atoms with Crippen LogP contribution < -0.4 is 9.47 Å². The Morgan fingerprint density at radius 2 is 1.65 bits per heavy atom. The Bertz CT molecular complexity index is 1590. The van der Waals surface area contributed by atoms with Crippen molar-refractivity contribution in [2.45, 2.75) is 13.0 Å². The number of carbonyl (C=O) groups is 1. The van der Waals surface area contributed by atoms with Crippen molar-refractivity contribution in [3.8, 4) is 17.6 Å². The lowest BCUT2D eigenvalue weighted by atomic mass is 10.1. The minimum absolute atomic E-state index is 0.0805. The van der Waals surface area contributed by atoms with Gasteiger partial charge in [0.2, 0.25) is 0 Å². The molecule has 0 aromatic heterocycles. The molecule has 0 N–H and O–H groups in total. The Hall–Kier alpha value is -4.80. The molecule has 1 saturated heterocycles. The summed E-state index contributed by atoms with van der Waals surface area (Å²) in [5.41, 5.74) is 4.14. The zero-order valence-electron chi connectivity index (χ0n) is 22.0. The Kier molecular flexibility index (Phi) is 8.60. The van der Waals surface area contributed by atoms with Crippen molar-refractivity contribution < 1.29 is 14.3 Å². The van der Waals surface area contributed by atoms with Gasteiger partial charge in [0.15, 0.2) is 16.7 Å². The molecule has 5 rings (SSSR count). The Balaban J connectivity index is 1.38. The summed E-state index contributed by atoms with van der Waals surface area (Å²) in [5, 5.41) is 10.00. The van der Waals surface area contributed by atoms with E-state index in [0.717, 1.165) is 28.8 Å². The molecular formula is C33H27N3O3S. The van der Waals surface area contributed by atoms with Crippen molar-refractivity contribution in [2.75, 3.05) is 13.7 Å². The van der Waals surface area contributed by atoms with E-state index in [1.165, 1.54) is 11.8 Å². The number of hydrogen-bond donors (Lipinski definition) is 0. The normalized spacial score (nSPS) is 14.9. The third-order valence-electron chi connectivity index (χ3n) is 6.34. The van der Waals surface area contributed by atoms with Crippen molar-refractivity contribution in [2.24, 2.45) is 4.99 Å². The summed E-state index contributed by atoms with van der Waals surface area (Å²) < 4.78 is 11.6. The number of para-hydroxylation sites is 1. The number of rotatable bonds is 9. The third-order valence-corrected chi connectivity index (χ3v) is 7.35. The van der Waals surface area contributed by atoms with E-state index < -0.39 is 0 Å². The molecule has 40 heavy (non-hydrogen) atoms. The van der Waals surface area contributed by atoms with Gasteiger partial charge in [-0.2, -0.15) is 5.26 Å². The average molecular weight is 546 g/mol. The van der Waals surface area contributed by atoms with E-state index in [2.05, 4.69) is 18.2 Å². The maximum absolute atomic E-state index is 13.5. The molecule has 0 bridgehead atoms. The van der Waals surface area contributed by atoms with E-state index in [1.54, 1.807) is 18.1 Å². The van der Waals surface area contributed by atoms with Gasteiger partial charge in [0, 0.05) is 12.1 Å². The molecular weight excluding hydrogens is 518 g/mol. The van der Waals surface area contributed by atoms with Gasteiger partial charge in [-0.25, -0.2) is 4.99 Å². The van der Waals surface area contributed by atoms with Crippen LogP contribution >= 0.6 is 11.8 Å². The summed E-state index contributed by atoms with van der Waals surface area (Å²) in [4.78, 5) is 20.7. The number of hydrogen-bond acceptors (Lipinski definition) is 6. The predicted octanol–water partition coefficient (Wildman–Crippen LogP) is 6.99. The minimum atomic E-state index is -0.0805. The first-order valence-corrected chi connectivity index (χ1v) is 13.6. The van der Waals surface area contributed by atoms with E-state index in [4.69, 9.17) is 14.5 Å². The van der Waals surface area contributed by atoms with Crippen LogP contribution in [0.15, 0.2) is 113 Å². The van der Waals surface area contributed by atoms with Crippen LogP contribution in [-0.4, -0.2) is 29.6 Å². The fourth-order valence-electron chi connectivity index (χ4n) is 4.24. The Morgan fingerprint density at radius 1 is 0.925 bits per heavy atom. The Morgan fingerprint density at radius 3 is 2.40 bits per heavy atom. The fourth-order valence-corrected chi connectivity index (χ4v) is 5.27. The van der Waals surface area contributed by atoms with E-state index in [1.807, 2.05) is 91.0 Å². The van der Waals surface area contributed by atoms with Gasteiger partial charge in [-0.05, 0) is 65.7 Å². The third kappa shape index (κ3) is 6.42. The van der Waals surface area contributed by atoms with Crippen LogP contribution in [0.2, 0.25) is 0 Å². The molecule has 1 fully saturated rings. The van der Waals surface area contributed by atoms with Crippen molar-refractivity contribution in [1.29, 1.82) is 5.26 Å². The topological polar surface area (TPSA) is 74.9 Å². The first-order valence-electron chi connectivity index (χ1n) is 12.8. The van der Waals surface area contributed by atoms with Crippen LogP contribution in [0.1, 0.15) is 22.3 Å². The zero-order chi connectivity index (χ0) is 27.7. The molecule has 6 nitrogen and oxygen atoms in total. The van der Waals surface area contributed by atoms with Gasteiger partial charge in [0.1, 0.15) is 6.61 Å². The molecule has 1 aliphatic rings. The summed E-state index contributed by atoms with van der Waals surface area (Å²) in [5.74, 6) is 1.01. The lowest BCUT2D eigenvalue weighted by Crippen LogP contribution is -2.31. The number of amides is 1. The van der Waals surface area contributed by atoms with Crippen LogP contribution in [0.25, 0.3) is 6.08 Å². The van der Waals surface area contributed by atoms with E-state index in [0.29, 0.717) is 33.7 Å². The highest BCUT2D eigenvalue weighted by atomic mass is 32.2. The highest BCUT2D eigenvalue weighted by molar-refractivity contribution is 8.18. The predicted molar refractivity (Wildman–Crippen MR) is 159 cm³/mol. The molecule has 0 unspecified atom stereocenters. The fraction of sp³-hybridized carbons (Fsp3) is 0.121. The van der Waals surface area contributed by atoms with Gasteiger partial charge in [-0.15, -0.1) is 0 Å². The van der Waals surface area contributed by atoms with Gasteiger partial charge in [-0.1, -0.05) is 72.8 Å². The number of amidine groups is 1. The average Bonchev–Trinajstić information content (AvgIpc) is 3.29. The molecule has 4 aromatic rings. The maximum Gasteiger partial charge on any atom is 0.266 e. The lowest BCUT2D eigenvalue weighted by Gasteiger charge is -2.15. The van der Waals surface area contributed by atoms with Crippen LogP contribution in [-0.2, 0) is 17.8 Å². The summed E-state index contributed by atoms with van der Waals surface area (Å²) in [6.45, 7) is 0.768. The SMILES string of the molecule is COc1cc(/C=C2/SC(=Nc3ccccc3)N(CCc3ccccc3)C2=O)ccc1OCc1ccccc1C#N. The van der Waals surface area contributed by atoms with Crippen molar-refractivity contribution in [3.63, 3.8) is 0 Å². The lowest BCUT2D eigenvalue weighted by molar-refractivity contribution is -0.122. The standard InChI is InChI=1S/C33H27N3O3S/c1-38-30-20-25(16-17-29(30)39-23-27-13-9-8-12-26(27)22-34)21-31-32(37)36(19-18-24-10-4-2-5-11-24)33(40-31)35-28-14-6-3-7-15-28/h2-17,20-21H,18-19,23H2,1H3/b31-21+,35-33?. The molecule has 0 spiro atoms. The summed E-state index contributed by atoms with van der Waals surface area (Å²) in [6.07, 6.45) is 2.58. The largest absolute Gasteiger partial charge is 0.493 e. The number of benzene rings is 4. The minimum Gasteiger partial charge on any atom is -0.493 e. The maximum atomic E-state index is 13.5. The molecule has 0 aliphatic carbocycles. The van der Waals surface area contributed by atoms with Crippen molar-refractivity contribution >= 4 is 34.6 Å². The highest BCUT2D eigenvalue weighted by Gasteiger charge is 2.33. The molecule has 0 saturated carbocycles. The quantitative estimate of drug-likeness (QED) is 0.212. The van der Waals surface area contributed by atoms with Crippen molar-refractivity contribution in [1.82, 2.24) is 4.90 Å². The highest BCUT2D eigenvalue weighted by Crippen LogP contribution is 2.36. The summed E-state index contributed by atoms with van der Waals surface area (Å²) >= 11 is 1.37. The van der Waals surface area contributed by atoms with E-state index >= 15 is 0 Å². The number of carbonyl (C=O) groups excluding carboxylic acids is 1. The van der Waals surface area contributed by atoms with Crippen LogP contribution in [0.4, 0.5) is 5.69 Å². The second kappa shape index (κ2) is 12.8. The van der Waals surface area contributed by atoms with Crippen LogP contribution in [0.3, 0.4) is 0 Å². The molecule has 4 aromatic carbocycles. The smallest absolute Gasteiger partial charge is 0.266 e. The van der Waals surface area contributed by atoms with Gasteiger partial charge in [-0.3, -0.25) is 9.69 Å². The second-order valence-corrected chi connectivity index (χ2v) is 10.0. The first-order chi connectivity index (χ1) is 19.6. The van der Waals surface area contributed by atoms with Gasteiger partial charge in [0.05, 0.1) is 29.3 Å². The molecule has 0 radical (unpaired) electrons. The van der Waals surface area contributed by atoms with Crippen molar-refractivity contribution in [3.05, 3.63) is 130 Å². The molecule has 1 heterocycles. The molecule has 0 atom stereocenters. The number of thioether (sulfide) groups is 1. The van der Waals surface area contributed by atoms with Gasteiger partial charge < -0.3 is 9.47 Å². The second-order valence-electron chi connectivity index (χ2n) is 9.00. The molecule has 7 heteroatoms. The summed E-state index contributed by atoms with van der Waals surface area (Å²) in [7, 11) is 1.58. The Labute approximate surface area is 238 Å². The zero-order valence-corrected chi connectivity index (χ0v) is 22.8. The first kappa shape index (κ1) is 26.8. The number of nitrogens with zero attached hydrogens (tertiary/aromatic N) is 3. The number of aliphatic imine (C=N–C) groups is 1. The van der Waals surface area contributed by atoms with Gasteiger partial charge in [0.25, 0.3) is 5.91 Å². The molecule has 198 valence electrons. The summed E-state index contributed by atoms with van der Waals surface area (Å²) in [6, 6.07) is 34.8. The number of nitriles is 1. The monoisotopic (exact) mass is 545 g/mol. The number of methoxy groups -OCH3 is 1. The van der Waals surface area contributed by atoms with Gasteiger partial charge >= 0.3 is 0 Å². The molecule has 1 aliphatic heterocycles. The van der Waals surface area contributed by atoms with Crippen LogP contribution in [0, 0.1) is 11.3 Å². The van der Waals surface area contributed by atoms with E-state index in [-0.39, 0.29) is 12.5 Å². The van der Waals surface area contributed by atoms with Crippen LogP contribution in [0.5, 0.6) is 11.5 Å². The molecule has 1 amide bonds. The number of ether oxygens (including phenoxy) is 2.